The fraction of sp³-hybridized carbons (Fsp3) is 0.500. The van der Waals surface area contributed by atoms with E-state index >= 15 is 0 Å². The molecule has 0 radical (unpaired) electrons. The van der Waals surface area contributed by atoms with Crippen molar-refractivity contribution in [2.24, 2.45) is 0 Å². The molecule has 3 rings (SSSR count). The van der Waals surface area contributed by atoms with Gasteiger partial charge in [0.15, 0.2) is 0 Å². The van der Waals surface area contributed by atoms with Gasteiger partial charge in [0.25, 0.3) is 0 Å². The molecule has 1 aliphatic heterocycles. The molecule has 0 fully saturated rings. The molecule has 0 unspecified atom stereocenters. The molecule has 2 heterocycles. The van der Waals surface area contributed by atoms with Gasteiger partial charge in [0.2, 0.25) is 11.1 Å². The molecule has 6 nitrogen and oxygen atoms in total. The van der Waals surface area contributed by atoms with Crippen LogP contribution in [0.3, 0.4) is 0 Å². The molecule has 8 heteroatoms. The molecule has 1 aromatic carbocycles. The number of rotatable bonds is 6. The first kappa shape index (κ1) is 19.0. The zero-order valence-electron chi connectivity index (χ0n) is 15.3. The van der Waals surface area contributed by atoms with Crippen LogP contribution < -0.4 is 5.43 Å². The quantitative estimate of drug-likeness (QED) is 0.811. The van der Waals surface area contributed by atoms with Gasteiger partial charge < -0.3 is 10.3 Å². The Morgan fingerprint density at radius 3 is 2.50 bits per heavy atom. The molecule has 0 aliphatic carbocycles. The molecule has 26 heavy (non-hydrogen) atoms. The Labute approximate surface area is 163 Å². The molecule has 1 amide bonds. The number of aryl methyl sites for hydroxylation is 1. The largest absolute Gasteiger partial charge is 0.342 e. The number of amides is 1. The van der Waals surface area contributed by atoms with Crippen molar-refractivity contribution in [1.29, 1.82) is 0 Å². The molecule has 1 N–H and O–H groups in total. The summed E-state index contributed by atoms with van der Waals surface area (Å²) in [7, 11) is 0. The molecule has 0 saturated heterocycles. The standard InChI is InChI=1S/C18H24ClN5OS/c1-4-10-23(11-5-2)17(25)16-15(13-6-8-14(19)9-7-13)22-24-12(3)20-21-18(24)26-16/h6-9,15-16,22H,4-5,10-11H2,1-3H3/t15-,16-/m1/s1. The first-order chi connectivity index (χ1) is 12.5. The summed E-state index contributed by atoms with van der Waals surface area (Å²) in [4.78, 5) is 15.3. The van der Waals surface area contributed by atoms with Crippen molar-refractivity contribution in [3.63, 3.8) is 0 Å². The minimum atomic E-state index is -0.301. The predicted molar refractivity (Wildman–Crippen MR) is 105 cm³/mol. The number of hydrogen-bond donors (Lipinski definition) is 1. The summed E-state index contributed by atoms with van der Waals surface area (Å²) < 4.78 is 1.86. The Hall–Kier alpha value is -1.73. The Balaban J connectivity index is 1.95. The van der Waals surface area contributed by atoms with Crippen LogP contribution in [0.1, 0.15) is 44.1 Å². The van der Waals surface area contributed by atoms with Gasteiger partial charge in [-0.15, -0.1) is 10.2 Å². The highest BCUT2D eigenvalue weighted by atomic mass is 35.5. The third-order valence-corrected chi connectivity index (χ3v) is 5.82. The van der Waals surface area contributed by atoms with E-state index in [2.05, 4.69) is 29.5 Å². The zero-order chi connectivity index (χ0) is 18.7. The summed E-state index contributed by atoms with van der Waals surface area (Å²) in [6.45, 7) is 7.62. The molecule has 0 spiro atoms. The summed E-state index contributed by atoms with van der Waals surface area (Å²) in [5.41, 5.74) is 4.45. The molecule has 0 saturated carbocycles. The van der Waals surface area contributed by atoms with Crippen LogP contribution in [0.25, 0.3) is 0 Å². The Kier molecular flexibility index (Phi) is 6.09. The van der Waals surface area contributed by atoms with Crippen molar-refractivity contribution >= 4 is 29.3 Å². The molecule has 2 atom stereocenters. The van der Waals surface area contributed by atoms with Gasteiger partial charge in [0.1, 0.15) is 11.1 Å². The van der Waals surface area contributed by atoms with Gasteiger partial charge in [-0.25, -0.2) is 4.68 Å². The van der Waals surface area contributed by atoms with Crippen LogP contribution in [-0.4, -0.2) is 44.0 Å². The SMILES string of the molecule is CCCN(CCC)C(=O)[C@@H]1Sc2nnc(C)n2N[C@@H]1c1ccc(Cl)cc1. The van der Waals surface area contributed by atoms with E-state index in [9.17, 15) is 4.79 Å². The number of halogens is 1. The summed E-state index contributed by atoms with van der Waals surface area (Å²) >= 11 is 7.52. The zero-order valence-corrected chi connectivity index (χ0v) is 16.8. The van der Waals surface area contributed by atoms with E-state index in [0.29, 0.717) is 5.02 Å². The van der Waals surface area contributed by atoms with Crippen LogP contribution >= 0.6 is 23.4 Å². The first-order valence-corrected chi connectivity index (χ1v) is 10.2. The third kappa shape index (κ3) is 3.83. The monoisotopic (exact) mass is 393 g/mol. The Bertz CT molecular complexity index is 757. The third-order valence-electron chi connectivity index (χ3n) is 4.37. The second-order valence-corrected chi connectivity index (χ2v) is 7.93. The maximum Gasteiger partial charge on any atom is 0.238 e. The van der Waals surface area contributed by atoms with E-state index in [1.165, 1.54) is 11.8 Å². The highest BCUT2D eigenvalue weighted by Gasteiger charge is 2.39. The Morgan fingerprint density at radius 2 is 1.88 bits per heavy atom. The lowest BCUT2D eigenvalue weighted by molar-refractivity contribution is -0.131. The molecule has 2 aromatic rings. The first-order valence-electron chi connectivity index (χ1n) is 8.94. The van der Waals surface area contributed by atoms with Gasteiger partial charge in [0, 0.05) is 18.1 Å². The maximum absolute atomic E-state index is 13.3. The predicted octanol–water partition coefficient (Wildman–Crippen LogP) is 3.65. The number of aromatic nitrogens is 3. The average Bonchev–Trinajstić information content (AvgIpc) is 3.01. The van der Waals surface area contributed by atoms with Gasteiger partial charge in [-0.05, 0) is 37.5 Å². The van der Waals surface area contributed by atoms with Crippen LogP contribution in [0.5, 0.6) is 0 Å². The topological polar surface area (TPSA) is 63.1 Å². The second kappa shape index (κ2) is 8.31. The fourth-order valence-electron chi connectivity index (χ4n) is 3.12. The number of thioether (sulfide) groups is 1. The van der Waals surface area contributed by atoms with Gasteiger partial charge in [-0.2, -0.15) is 0 Å². The van der Waals surface area contributed by atoms with Crippen molar-refractivity contribution < 1.29 is 4.79 Å². The van der Waals surface area contributed by atoms with Crippen molar-refractivity contribution in [3.8, 4) is 0 Å². The molecule has 0 bridgehead atoms. The normalized spacial score (nSPS) is 18.9. The van der Waals surface area contributed by atoms with Crippen LogP contribution in [-0.2, 0) is 4.79 Å². The number of nitrogens with zero attached hydrogens (tertiary/aromatic N) is 4. The lowest BCUT2D eigenvalue weighted by Crippen LogP contribution is -2.46. The summed E-state index contributed by atoms with van der Waals surface area (Å²) in [6.07, 6.45) is 1.88. The molecular formula is C18H24ClN5OS. The van der Waals surface area contributed by atoms with Crippen LogP contribution in [0.4, 0.5) is 0 Å². The fourth-order valence-corrected chi connectivity index (χ4v) is 4.46. The maximum atomic E-state index is 13.3. The van der Waals surface area contributed by atoms with Crippen molar-refractivity contribution in [2.45, 2.75) is 50.1 Å². The summed E-state index contributed by atoms with van der Waals surface area (Å²) in [5, 5.41) is 9.44. The number of nitrogens with one attached hydrogen (secondary N) is 1. The van der Waals surface area contributed by atoms with Gasteiger partial charge in [-0.1, -0.05) is 49.3 Å². The number of carbonyl (C=O) groups is 1. The lowest BCUT2D eigenvalue weighted by Gasteiger charge is -2.35. The molecule has 140 valence electrons. The average molecular weight is 394 g/mol. The highest BCUT2D eigenvalue weighted by molar-refractivity contribution is 8.00. The second-order valence-electron chi connectivity index (χ2n) is 6.39. The highest BCUT2D eigenvalue weighted by Crippen LogP contribution is 2.38. The van der Waals surface area contributed by atoms with Gasteiger partial charge >= 0.3 is 0 Å². The minimum Gasteiger partial charge on any atom is -0.342 e. The van der Waals surface area contributed by atoms with Crippen molar-refractivity contribution in [3.05, 3.63) is 40.7 Å². The van der Waals surface area contributed by atoms with E-state index in [1.54, 1.807) is 0 Å². The van der Waals surface area contributed by atoms with Crippen molar-refractivity contribution in [1.82, 2.24) is 19.8 Å². The van der Waals surface area contributed by atoms with E-state index < -0.39 is 0 Å². The Morgan fingerprint density at radius 1 is 1.23 bits per heavy atom. The van der Waals surface area contributed by atoms with E-state index in [4.69, 9.17) is 11.6 Å². The smallest absolute Gasteiger partial charge is 0.238 e. The summed E-state index contributed by atoms with van der Waals surface area (Å²) in [6, 6.07) is 7.47. The number of benzene rings is 1. The number of carbonyl (C=O) groups excluding carboxylic acids is 1. The van der Waals surface area contributed by atoms with Crippen LogP contribution in [0, 0.1) is 6.92 Å². The molecule has 1 aromatic heterocycles. The van der Waals surface area contributed by atoms with Gasteiger partial charge in [-0.3, -0.25) is 4.79 Å². The van der Waals surface area contributed by atoms with E-state index in [-0.39, 0.29) is 17.2 Å². The number of hydrogen-bond acceptors (Lipinski definition) is 5. The van der Waals surface area contributed by atoms with Gasteiger partial charge in [0.05, 0.1) is 6.04 Å². The molecular weight excluding hydrogens is 370 g/mol. The summed E-state index contributed by atoms with van der Waals surface area (Å²) in [5.74, 6) is 0.911. The van der Waals surface area contributed by atoms with Crippen LogP contribution in [0.15, 0.2) is 29.4 Å². The molecule has 1 aliphatic rings. The van der Waals surface area contributed by atoms with E-state index in [0.717, 1.165) is 42.5 Å². The van der Waals surface area contributed by atoms with E-state index in [1.807, 2.05) is 40.8 Å². The minimum absolute atomic E-state index is 0.137. The van der Waals surface area contributed by atoms with Crippen LogP contribution in [0.2, 0.25) is 5.02 Å². The number of fused-ring (bicyclic) bond motifs is 1. The lowest BCUT2D eigenvalue weighted by atomic mass is 10.0. The van der Waals surface area contributed by atoms with Crippen molar-refractivity contribution in [2.75, 3.05) is 18.5 Å².